The predicted octanol–water partition coefficient (Wildman–Crippen LogP) is 6.11. The van der Waals surface area contributed by atoms with Crippen molar-refractivity contribution in [3.8, 4) is 0 Å². The lowest BCUT2D eigenvalue weighted by Gasteiger charge is -2.16. The fraction of sp³-hybridized carbons (Fsp3) is 0.412. The van der Waals surface area contributed by atoms with Crippen LogP contribution >= 0.6 is 0 Å². The van der Waals surface area contributed by atoms with Gasteiger partial charge in [-0.2, -0.15) is 13.2 Å². The van der Waals surface area contributed by atoms with E-state index in [2.05, 4.69) is 20.1 Å². The predicted molar refractivity (Wildman–Crippen MR) is 77.7 cm³/mol. The number of alkyl halides is 3. The normalized spacial score (nSPS) is 13.1. The number of rotatable bonds is 6. The van der Waals surface area contributed by atoms with Crippen LogP contribution in [-0.2, 0) is 6.18 Å². The molecule has 0 heterocycles. The quantitative estimate of drug-likeness (QED) is 0.552. The molecule has 1 aromatic rings. The summed E-state index contributed by atoms with van der Waals surface area (Å²) in [6.07, 6.45) is -1.62. The van der Waals surface area contributed by atoms with E-state index in [9.17, 15) is 13.2 Å². The highest BCUT2D eigenvalue weighted by Gasteiger charge is 2.30. The monoisotopic (exact) mass is 282 g/mol. The average molecular weight is 282 g/mol. The highest BCUT2D eigenvalue weighted by Crippen LogP contribution is 2.32. The van der Waals surface area contributed by atoms with E-state index in [4.69, 9.17) is 0 Å². The standard InChI is InChI=1S/C17H21F3/c1-5-6-12(2)13(3)11-14(4)15-7-9-16(10-8-15)17(18,19)20/h7-10,14H,2-3,5-6,11H2,1,4H3. The van der Waals surface area contributed by atoms with Crippen LogP contribution in [0.15, 0.2) is 48.6 Å². The van der Waals surface area contributed by atoms with E-state index in [1.54, 1.807) is 12.1 Å². The maximum absolute atomic E-state index is 12.5. The molecule has 0 nitrogen and oxygen atoms in total. The van der Waals surface area contributed by atoms with Gasteiger partial charge in [-0.05, 0) is 36.5 Å². The molecule has 0 aliphatic rings. The maximum atomic E-state index is 12.5. The van der Waals surface area contributed by atoms with Crippen LogP contribution in [0.5, 0.6) is 0 Å². The van der Waals surface area contributed by atoms with Gasteiger partial charge in [0.15, 0.2) is 0 Å². The molecule has 0 aliphatic carbocycles. The lowest BCUT2D eigenvalue weighted by atomic mass is 9.90. The summed E-state index contributed by atoms with van der Waals surface area (Å²) in [6.45, 7) is 12.1. The molecule has 20 heavy (non-hydrogen) atoms. The van der Waals surface area contributed by atoms with Gasteiger partial charge in [0.05, 0.1) is 5.56 Å². The van der Waals surface area contributed by atoms with Crippen molar-refractivity contribution in [2.45, 2.75) is 45.2 Å². The number of allylic oxidation sites excluding steroid dienone is 2. The summed E-state index contributed by atoms with van der Waals surface area (Å²) in [5, 5.41) is 0. The summed E-state index contributed by atoms with van der Waals surface area (Å²) in [6, 6.07) is 5.36. The molecule has 0 bridgehead atoms. The van der Waals surface area contributed by atoms with Crippen LogP contribution in [-0.4, -0.2) is 0 Å². The molecule has 1 atom stereocenters. The summed E-state index contributed by atoms with van der Waals surface area (Å²) in [5.74, 6) is 0.137. The van der Waals surface area contributed by atoms with Gasteiger partial charge in [0, 0.05) is 0 Å². The second-order valence-electron chi connectivity index (χ2n) is 5.18. The molecule has 0 saturated carbocycles. The topological polar surface area (TPSA) is 0 Å². The van der Waals surface area contributed by atoms with E-state index in [0.717, 1.165) is 48.1 Å². The van der Waals surface area contributed by atoms with Crippen LogP contribution < -0.4 is 0 Å². The Balaban J connectivity index is 2.71. The van der Waals surface area contributed by atoms with Crippen molar-refractivity contribution in [3.63, 3.8) is 0 Å². The summed E-state index contributed by atoms with van der Waals surface area (Å²) in [7, 11) is 0. The fourth-order valence-corrected chi connectivity index (χ4v) is 2.11. The van der Waals surface area contributed by atoms with E-state index in [-0.39, 0.29) is 5.92 Å². The first-order valence-corrected chi connectivity index (χ1v) is 6.78. The third kappa shape index (κ3) is 4.55. The summed E-state index contributed by atoms with van der Waals surface area (Å²) in [5.41, 5.74) is 2.30. The molecule has 0 N–H and O–H groups in total. The Kier molecular flexibility index (Phi) is 5.61. The number of benzene rings is 1. The smallest absolute Gasteiger partial charge is 0.166 e. The van der Waals surface area contributed by atoms with Gasteiger partial charge in [-0.25, -0.2) is 0 Å². The van der Waals surface area contributed by atoms with E-state index in [1.165, 1.54) is 0 Å². The minimum atomic E-state index is -4.28. The second kappa shape index (κ2) is 6.78. The van der Waals surface area contributed by atoms with Crippen molar-refractivity contribution in [1.82, 2.24) is 0 Å². The lowest BCUT2D eigenvalue weighted by molar-refractivity contribution is -0.137. The Hall–Kier alpha value is -1.51. The number of hydrogen-bond acceptors (Lipinski definition) is 0. The molecule has 0 fully saturated rings. The van der Waals surface area contributed by atoms with Gasteiger partial charge in [0.1, 0.15) is 0 Å². The molecule has 0 saturated heterocycles. The van der Waals surface area contributed by atoms with Gasteiger partial charge in [-0.1, -0.05) is 56.7 Å². The maximum Gasteiger partial charge on any atom is 0.416 e. The molecular weight excluding hydrogens is 261 g/mol. The number of halogens is 3. The van der Waals surface area contributed by atoms with Crippen LogP contribution in [0.4, 0.5) is 13.2 Å². The molecule has 0 aromatic heterocycles. The van der Waals surface area contributed by atoms with E-state index < -0.39 is 11.7 Å². The van der Waals surface area contributed by atoms with Crippen molar-refractivity contribution in [2.24, 2.45) is 0 Å². The lowest BCUT2D eigenvalue weighted by Crippen LogP contribution is -2.05. The zero-order valence-corrected chi connectivity index (χ0v) is 12.1. The van der Waals surface area contributed by atoms with Gasteiger partial charge in [-0.3, -0.25) is 0 Å². The SMILES string of the molecule is C=C(CCC)C(=C)CC(C)c1ccc(C(F)(F)F)cc1. The highest BCUT2D eigenvalue weighted by molar-refractivity contribution is 5.31. The van der Waals surface area contributed by atoms with Crippen molar-refractivity contribution in [3.05, 3.63) is 59.7 Å². The molecule has 0 amide bonds. The van der Waals surface area contributed by atoms with Crippen molar-refractivity contribution < 1.29 is 13.2 Å². The largest absolute Gasteiger partial charge is 0.416 e. The molecule has 1 rings (SSSR count). The van der Waals surface area contributed by atoms with Crippen LogP contribution in [0, 0.1) is 0 Å². The Morgan fingerprint density at radius 3 is 2.10 bits per heavy atom. The Labute approximate surface area is 119 Å². The zero-order chi connectivity index (χ0) is 15.3. The molecule has 0 spiro atoms. The average Bonchev–Trinajstić information content (AvgIpc) is 2.38. The molecule has 3 heteroatoms. The van der Waals surface area contributed by atoms with Crippen LogP contribution in [0.25, 0.3) is 0 Å². The molecule has 1 unspecified atom stereocenters. The van der Waals surface area contributed by atoms with Gasteiger partial charge < -0.3 is 0 Å². The van der Waals surface area contributed by atoms with E-state index in [0.29, 0.717) is 0 Å². The Bertz CT molecular complexity index is 466. The minimum Gasteiger partial charge on any atom is -0.166 e. The molecular formula is C17H21F3. The summed E-state index contributed by atoms with van der Waals surface area (Å²) in [4.78, 5) is 0. The summed E-state index contributed by atoms with van der Waals surface area (Å²) < 4.78 is 37.5. The van der Waals surface area contributed by atoms with E-state index in [1.807, 2.05) is 6.92 Å². The second-order valence-corrected chi connectivity index (χ2v) is 5.18. The van der Waals surface area contributed by atoms with Gasteiger partial charge in [-0.15, -0.1) is 0 Å². The minimum absolute atomic E-state index is 0.137. The molecule has 110 valence electrons. The van der Waals surface area contributed by atoms with Crippen LogP contribution in [0.2, 0.25) is 0 Å². The highest BCUT2D eigenvalue weighted by atomic mass is 19.4. The van der Waals surface area contributed by atoms with Crippen molar-refractivity contribution in [2.75, 3.05) is 0 Å². The molecule has 0 aliphatic heterocycles. The zero-order valence-electron chi connectivity index (χ0n) is 12.1. The van der Waals surface area contributed by atoms with Gasteiger partial charge >= 0.3 is 6.18 Å². The number of hydrogen-bond donors (Lipinski definition) is 0. The first-order valence-electron chi connectivity index (χ1n) is 6.78. The molecule has 1 aromatic carbocycles. The van der Waals surface area contributed by atoms with Crippen molar-refractivity contribution >= 4 is 0 Å². The first-order chi connectivity index (χ1) is 9.25. The van der Waals surface area contributed by atoms with Gasteiger partial charge in [0.25, 0.3) is 0 Å². The Morgan fingerprint density at radius 2 is 1.65 bits per heavy atom. The summed E-state index contributed by atoms with van der Waals surface area (Å²) >= 11 is 0. The Morgan fingerprint density at radius 1 is 1.10 bits per heavy atom. The van der Waals surface area contributed by atoms with Gasteiger partial charge in [0.2, 0.25) is 0 Å². The first kappa shape index (κ1) is 16.5. The third-order valence-corrected chi connectivity index (χ3v) is 3.41. The van der Waals surface area contributed by atoms with Crippen LogP contribution in [0.3, 0.4) is 0 Å². The van der Waals surface area contributed by atoms with Crippen LogP contribution in [0.1, 0.15) is 50.2 Å². The third-order valence-electron chi connectivity index (χ3n) is 3.41. The van der Waals surface area contributed by atoms with Crippen molar-refractivity contribution in [1.29, 1.82) is 0 Å². The molecule has 0 radical (unpaired) electrons. The van der Waals surface area contributed by atoms with E-state index >= 15 is 0 Å². The fourth-order valence-electron chi connectivity index (χ4n) is 2.11.